The minimum atomic E-state index is -1.02. The van der Waals surface area contributed by atoms with Gasteiger partial charge in [-0.2, -0.15) is 0 Å². The number of aromatic nitrogens is 1. The molecule has 162 valence electrons. The van der Waals surface area contributed by atoms with Gasteiger partial charge >= 0.3 is 6.03 Å². The van der Waals surface area contributed by atoms with Crippen molar-refractivity contribution in [2.24, 2.45) is 13.0 Å². The van der Waals surface area contributed by atoms with Gasteiger partial charge in [0.1, 0.15) is 6.54 Å². The lowest BCUT2D eigenvalue weighted by Gasteiger charge is -2.33. The number of anilines is 1. The number of amides is 3. The monoisotopic (exact) mass is 428 g/mol. The number of benzene rings is 1. The number of likely N-dealkylation sites (tertiary alicyclic amines) is 1. The van der Waals surface area contributed by atoms with Gasteiger partial charge in [-0.05, 0) is 41.7 Å². The SMILES string of the molecule is Cn1cc(C2=CC3CC2N(C(=O)CN2Cc4c(ccc(F)c4F)NC2=O)C3)ccc1=O.[HH]. The van der Waals surface area contributed by atoms with Crippen molar-refractivity contribution in [1.29, 1.82) is 0 Å². The molecule has 3 heterocycles. The van der Waals surface area contributed by atoms with E-state index in [2.05, 4.69) is 11.4 Å². The number of carbonyl (C=O) groups is 2. The Morgan fingerprint density at radius 3 is 2.77 bits per heavy atom. The largest absolute Gasteiger partial charge is 0.333 e. The molecule has 2 bridgehead atoms. The third-order valence-corrected chi connectivity index (χ3v) is 6.25. The van der Waals surface area contributed by atoms with Gasteiger partial charge in [-0.3, -0.25) is 9.59 Å². The van der Waals surface area contributed by atoms with Gasteiger partial charge in [-0.25, -0.2) is 13.6 Å². The van der Waals surface area contributed by atoms with Gasteiger partial charge in [0.2, 0.25) is 11.5 Å². The summed E-state index contributed by atoms with van der Waals surface area (Å²) < 4.78 is 29.3. The Kier molecular flexibility index (Phi) is 4.42. The quantitative estimate of drug-likeness (QED) is 0.817. The van der Waals surface area contributed by atoms with E-state index in [9.17, 15) is 23.2 Å². The second kappa shape index (κ2) is 7.04. The number of rotatable bonds is 3. The first-order valence-electron chi connectivity index (χ1n) is 10.0. The van der Waals surface area contributed by atoms with Crippen LogP contribution in [-0.2, 0) is 18.4 Å². The highest BCUT2D eigenvalue weighted by atomic mass is 19.2. The van der Waals surface area contributed by atoms with E-state index in [0.29, 0.717) is 6.54 Å². The van der Waals surface area contributed by atoms with Crippen molar-refractivity contribution < 1.29 is 19.8 Å². The third-order valence-electron chi connectivity index (χ3n) is 6.25. The molecule has 5 rings (SSSR count). The van der Waals surface area contributed by atoms with Crippen LogP contribution in [0.15, 0.2) is 41.3 Å². The number of carbonyl (C=O) groups excluding carboxylic acids is 2. The molecule has 2 unspecified atom stereocenters. The van der Waals surface area contributed by atoms with Crippen LogP contribution in [0, 0.1) is 17.6 Å². The van der Waals surface area contributed by atoms with E-state index in [1.54, 1.807) is 24.2 Å². The van der Waals surface area contributed by atoms with Crippen LogP contribution in [0.4, 0.5) is 19.3 Å². The number of nitrogens with one attached hydrogen (secondary N) is 1. The Hall–Kier alpha value is -3.49. The fourth-order valence-electron chi connectivity index (χ4n) is 4.68. The van der Waals surface area contributed by atoms with Crippen molar-refractivity contribution >= 4 is 23.2 Å². The van der Waals surface area contributed by atoms with Crippen LogP contribution in [0.25, 0.3) is 5.57 Å². The molecule has 1 aromatic heterocycles. The molecule has 31 heavy (non-hydrogen) atoms. The molecule has 2 aliphatic heterocycles. The molecule has 1 fully saturated rings. The second-order valence-corrected chi connectivity index (χ2v) is 8.22. The van der Waals surface area contributed by atoms with Crippen molar-refractivity contribution in [3.05, 3.63) is 69.7 Å². The van der Waals surface area contributed by atoms with E-state index in [-0.39, 0.29) is 49.2 Å². The zero-order valence-electron chi connectivity index (χ0n) is 16.8. The van der Waals surface area contributed by atoms with E-state index < -0.39 is 17.7 Å². The summed E-state index contributed by atoms with van der Waals surface area (Å²) >= 11 is 0. The standard InChI is InChI=1S/C22H20F2N4O3.H2/c1-26-9-13(2-5-19(26)29)14-6-12-7-18(14)28(8-12)20(30)11-27-10-15-17(25-22(27)31)4-3-16(23)21(15)24;/h2-6,9,12,18H,7-8,10-11H2,1H3,(H,25,31);1H. The second-order valence-electron chi connectivity index (χ2n) is 8.22. The molecule has 2 atom stereocenters. The first-order valence-corrected chi connectivity index (χ1v) is 10.0. The van der Waals surface area contributed by atoms with Gasteiger partial charge in [-0.15, -0.1) is 0 Å². The summed E-state index contributed by atoms with van der Waals surface area (Å²) in [7, 11) is 1.68. The molecule has 1 N–H and O–H groups in total. The molecule has 1 saturated heterocycles. The zero-order valence-corrected chi connectivity index (χ0v) is 16.8. The summed E-state index contributed by atoms with van der Waals surface area (Å²) in [5, 5.41) is 2.52. The maximum absolute atomic E-state index is 14.2. The van der Waals surface area contributed by atoms with Crippen molar-refractivity contribution in [3.8, 4) is 0 Å². The third kappa shape index (κ3) is 3.20. The Labute approximate surface area is 178 Å². The van der Waals surface area contributed by atoms with E-state index >= 15 is 0 Å². The molecule has 1 aliphatic carbocycles. The van der Waals surface area contributed by atoms with Gasteiger partial charge < -0.3 is 19.7 Å². The predicted octanol–water partition coefficient (Wildman–Crippen LogP) is 2.57. The van der Waals surface area contributed by atoms with Crippen LogP contribution in [0.3, 0.4) is 0 Å². The fraction of sp³-hybridized carbons (Fsp3) is 0.318. The van der Waals surface area contributed by atoms with Crippen LogP contribution in [0.1, 0.15) is 19.0 Å². The van der Waals surface area contributed by atoms with E-state index in [4.69, 9.17) is 0 Å². The lowest BCUT2D eigenvalue weighted by atomic mass is 10.0. The van der Waals surface area contributed by atoms with E-state index in [1.807, 2.05) is 0 Å². The fourth-order valence-corrected chi connectivity index (χ4v) is 4.68. The van der Waals surface area contributed by atoms with Crippen molar-refractivity contribution in [2.45, 2.75) is 19.0 Å². The smallest absolute Gasteiger partial charge is 0.322 e. The van der Waals surface area contributed by atoms with Crippen LogP contribution < -0.4 is 10.9 Å². The number of aryl methyl sites for hydroxylation is 1. The Balaban J connectivity index is 0.00000245. The molecule has 0 saturated carbocycles. The summed E-state index contributed by atoms with van der Waals surface area (Å²) in [5.74, 6) is -2.05. The molecule has 9 heteroatoms. The van der Waals surface area contributed by atoms with Gasteiger partial charge in [0.15, 0.2) is 11.6 Å². The molecule has 3 aliphatic rings. The van der Waals surface area contributed by atoms with Crippen molar-refractivity contribution in [2.75, 3.05) is 18.4 Å². The summed E-state index contributed by atoms with van der Waals surface area (Å²) in [4.78, 5) is 40.1. The minimum absolute atomic E-state index is 0. The molecular formula is C22H22F2N4O3. The molecule has 0 radical (unpaired) electrons. The zero-order chi connectivity index (χ0) is 21.9. The summed E-state index contributed by atoms with van der Waals surface area (Å²) in [6.45, 7) is 0.140. The average molecular weight is 428 g/mol. The van der Waals surface area contributed by atoms with Crippen LogP contribution in [0.5, 0.6) is 0 Å². The summed E-state index contributed by atoms with van der Waals surface area (Å²) in [6, 6.07) is 4.87. The number of fused-ring (bicyclic) bond motifs is 3. The molecule has 0 spiro atoms. The Morgan fingerprint density at radius 1 is 1.23 bits per heavy atom. The van der Waals surface area contributed by atoms with Gasteiger partial charge in [0, 0.05) is 32.8 Å². The number of hydrogen-bond donors (Lipinski definition) is 1. The molecule has 7 nitrogen and oxygen atoms in total. The minimum Gasteiger partial charge on any atom is -0.333 e. The average Bonchev–Trinajstić information content (AvgIpc) is 3.35. The number of nitrogens with zero attached hydrogens (tertiary/aromatic N) is 3. The number of pyridine rings is 1. The summed E-state index contributed by atoms with van der Waals surface area (Å²) in [5.41, 5.74) is 2.01. The molecule has 2 aromatic rings. The molecule has 1 aromatic carbocycles. The lowest BCUT2D eigenvalue weighted by Crippen LogP contribution is -2.48. The summed E-state index contributed by atoms with van der Waals surface area (Å²) in [6.07, 6.45) is 4.68. The van der Waals surface area contributed by atoms with Crippen LogP contribution in [-0.4, -0.2) is 45.4 Å². The highest BCUT2D eigenvalue weighted by Gasteiger charge is 2.42. The van der Waals surface area contributed by atoms with Gasteiger partial charge in [-0.1, -0.05) is 6.08 Å². The van der Waals surface area contributed by atoms with Crippen molar-refractivity contribution in [3.63, 3.8) is 0 Å². The predicted molar refractivity (Wildman–Crippen MR) is 111 cm³/mol. The number of halogens is 2. The number of urea groups is 1. The maximum atomic E-state index is 14.2. The van der Waals surface area contributed by atoms with Crippen LogP contribution >= 0.6 is 0 Å². The normalized spacial score (nSPS) is 21.8. The number of hydrogen-bond acceptors (Lipinski definition) is 3. The highest BCUT2D eigenvalue weighted by Crippen LogP contribution is 2.41. The first-order chi connectivity index (χ1) is 14.8. The maximum Gasteiger partial charge on any atom is 0.322 e. The lowest BCUT2D eigenvalue weighted by molar-refractivity contribution is -0.132. The van der Waals surface area contributed by atoms with E-state index in [0.717, 1.165) is 23.6 Å². The van der Waals surface area contributed by atoms with E-state index in [1.165, 1.54) is 21.6 Å². The van der Waals surface area contributed by atoms with Crippen molar-refractivity contribution in [1.82, 2.24) is 14.4 Å². The Bertz CT molecular complexity index is 1210. The molecular weight excluding hydrogens is 406 g/mol. The van der Waals surface area contributed by atoms with Gasteiger partial charge in [0.05, 0.1) is 18.3 Å². The Morgan fingerprint density at radius 2 is 2.03 bits per heavy atom. The van der Waals surface area contributed by atoms with Crippen LogP contribution in [0.2, 0.25) is 0 Å². The highest BCUT2D eigenvalue weighted by molar-refractivity contribution is 5.95. The topological polar surface area (TPSA) is 74.7 Å². The van der Waals surface area contributed by atoms with Gasteiger partial charge in [0.25, 0.3) is 0 Å². The first kappa shape index (κ1) is 19.5. The molecule has 3 amide bonds.